The van der Waals surface area contributed by atoms with Crippen molar-refractivity contribution >= 4 is 5.97 Å². The summed E-state index contributed by atoms with van der Waals surface area (Å²) >= 11 is 0. The Morgan fingerprint density at radius 1 is 1.38 bits per heavy atom. The number of furan rings is 1. The van der Waals surface area contributed by atoms with E-state index in [1.807, 2.05) is 0 Å². The normalized spacial score (nSPS) is 17.5. The molecule has 2 rings (SSSR count). The van der Waals surface area contributed by atoms with Gasteiger partial charge >= 0.3 is 5.97 Å². The smallest absolute Gasteiger partial charge is 0.371 e. The van der Waals surface area contributed by atoms with Crippen LogP contribution in [0.1, 0.15) is 35.6 Å². The zero-order valence-electron chi connectivity index (χ0n) is 9.11. The van der Waals surface area contributed by atoms with Crippen LogP contribution in [0, 0.1) is 0 Å². The van der Waals surface area contributed by atoms with Crippen LogP contribution in [0.15, 0.2) is 16.5 Å². The standard InChI is InChI=1S/C11H16N2O3/c14-11(15)10-5-4-9(16-10)8-12-13-6-2-1-3-7-13/h4-5,12H,1-3,6-8H2,(H,14,15). The molecule has 1 aliphatic heterocycles. The number of nitrogens with zero attached hydrogens (tertiary/aromatic N) is 1. The van der Waals surface area contributed by atoms with Gasteiger partial charge < -0.3 is 9.52 Å². The quantitative estimate of drug-likeness (QED) is 0.810. The van der Waals surface area contributed by atoms with E-state index in [-0.39, 0.29) is 5.76 Å². The van der Waals surface area contributed by atoms with Gasteiger partial charge in [-0.05, 0) is 25.0 Å². The van der Waals surface area contributed by atoms with Crippen molar-refractivity contribution in [3.05, 3.63) is 23.7 Å². The van der Waals surface area contributed by atoms with Crippen LogP contribution in [-0.4, -0.2) is 29.2 Å². The molecule has 1 fully saturated rings. The second kappa shape index (κ2) is 5.14. The molecule has 0 aliphatic carbocycles. The lowest BCUT2D eigenvalue weighted by atomic mass is 10.2. The first kappa shape index (κ1) is 11.2. The number of carbonyl (C=O) groups is 1. The highest BCUT2D eigenvalue weighted by Gasteiger charge is 2.12. The first-order valence-corrected chi connectivity index (χ1v) is 5.56. The maximum Gasteiger partial charge on any atom is 0.371 e. The van der Waals surface area contributed by atoms with Gasteiger partial charge in [-0.25, -0.2) is 15.2 Å². The topological polar surface area (TPSA) is 65.7 Å². The van der Waals surface area contributed by atoms with Crippen molar-refractivity contribution in [2.75, 3.05) is 13.1 Å². The fourth-order valence-corrected chi connectivity index (χ4v) is 1.83. The van der Waals surface area contributed by atoms with E-state index < -0.39 is 5.97 Å². The Labute approximate surface area is 94.0 Å². The highest BCUT2D eigenvalue weighted by Crippen LogP contribution is 2.09. The molecule has 2 N–H and O–H groups in total. The van der Waals surface area contributed by atoms with Gasteiger partial charge in [-0.1, -0.05) is 6.42 Å². The molecule has 0 saturated carbocycles. The van der Waals surface area contributed by atoms with Crippen molar-refractivity contribution < 1.29 is 14.3 Å². The van der Waals surface area contributed by atoms with Crippen LogP contribution >= 0.6 is 0 Å². The van der Waals surface area contributed by atoms with E-state index >= 15 is 0 Å². The summed E-state index contributed by atoms with van der Waals surface area (Å²) < 4.78 is 5.15. The Kier molecular flexibility index (Phi) is 3.58. The number of hydrogen-bond acceptors (Lipinski definition) is 4. The number of hydrazine groups is 1. The summed E-state index contributed by atoms with van der Waals surface area (Å²) in [4.78, 5) is 10.6. The third-order valence-electron chi connectivity index (χ3n) is 2.71. The van der Waals surface area contributed by atoms with E-state index in [9.17, 15) is 4.79 Å². The minimum Gasteiger partial charge on any atom is -0.475 e. The van der Waals surface area contributed by atoms with Gasteiger partial charge in [0.05, 0.1) is 6.54 Å². The molecule has 0 radical (unpaired) electrons. The number of hydrogen-bond donors (Lipinski definition) is 2. The molecule has 1 aromatic heterocycles. The zero-order valence-corrected chi connectivity index (χ0v) is 9.11. The average Bonchev–Trinajstić information content (AvgIpc) is 2.76. The SMILES string of the molecule is O=C(O)c1ccc(CNN2CCCCC2)o1. The minimum absolute atomic E-state index is 0.00422. The summed E-state index contributed by atoms with van der Waals surface area (Å²) in [5.74, 6) is -0.373. The highest BCUT2D eigenvalue weighted by molar-refractivity contribution is 5.84. The average molecular weight is 224 g/mol. The number of rotatable bonds is 4. The molecule has 1 saturated heterocycles. The van der Waals surface area contributed by atoms with Crippen LogP contribution in [0.5, 0.6) is 0 Å². The molecule has 16 heavy (non-hydrogen) atoms. The molecule has 88 valence electrons. The van der Waals surface area contributed by atoms with Crippen molar-refractivity contribution in [1.82, 2.24) is 10.4 Å². The van der Waals surface area contributed by atoms with E-state index in [2.05, 4.69) is 10.4 Å². The molecule has 0 unspecified atom stereocenters. The molecule has 1 aliphatic rings. The summed E-state index contributed by atoms with van der Waals surface area (Å²) in [7, 11) is 0. The fourth-order valence-electron chi connectivity index (χ4n) is 1.83. The molecule has 1 aromatic rings. The number of piperidine rings is 1. The number of carboxylic acid groups (broad SMARTS) is 1. The largest absolute Gasteiger partial charge is 0.475 e. The molecular weight excluding hydrogens is 208 g/mol. The predicted molar refractivity (Wildman–Crippen MR) is 57.9 cm³/mol. The third-order valence-corrected chi connectivity index (χ3v) is 2.71. The van der Waals surface area contributed by atoms with Gasteiger partial charge in [0.1, 0.15) is 5.76 Å². The lowest BCUT2D eigenvalue weighted by molar-refractivity contribution is 0.0658. The maximum atomic E-state index is 10.6. The van der Waals surface area contributed by atoms with Gasteiger partial charge in [-0.2, -0.15) is 0 Å². The Hall–Kier alpha value is -1.33. The second-order valence-corrected chi connectivity index (χ2v) is 3.95. The van der Waals surface area contributed by atoms with E-state index in [1.54, 1.807) is 6.07 Å². The van der Waals surface area contributed by atoms with Crippen molar-refractivity contribution in [1.29, 1.82) is 0 Å². The molecule has 2 heterocycles. The Morgan fingerprint density at radius 3 is 2.75 bits per heavy atom. The molecule has 0 bridgehead atoms. The van der Waals surface area contributed by atoms with Crippen molar-refractivity contribution in [3.63, 3.8) is 0 Å². The molecule has 5 nitrogen and oxygen atoms in total. The lowest BCUT2D eigenvalue weighted by Gasteiger charge is -2.26. The second-order valence-electron chi connectivity index (χ2n) is 3.95. The minimum atomic E-state index is -1.02. The Morgan fingerprint density at radius 2 is 2.12 bits per heavy atom. The van der Waals surface area contributed by atoms with Gasteiger partial charge in [-0.3, -0.25) is 0 Å². The fraction of sp³-hybridized carbons (Fsp3) is 0.545. The first-order chi connectivity index (χ1) is 7.75. The van der Waals surface area contributed by atoms with Gasteiger partial charge in [0.15, 0.2) is 0 Å². The van der Waals surface area contributed by atoms with Gasteiger partial charge in [0, 0.05) is 13.1 Å². The molecule has 0 atom stereocenters. The number of aromatic carboxylic acids is 1. The van der Waals surface area contributed by atoms with Gasteiger partial charge in [0.2, 0.25) is 5.76 Å². The highest BCUT2D eigenvalue weighted by atomic mass is 16.4. The maximum absolute atomic E-state index is 10.6. The van der Waals surface area contributed by atoms with Crippen LogP contribution in [0.25, 0.3) is 0 Å². The Bertz CT molecular complexity index is 356. The van der Waals surface area contributed by atoms with E-state index in [1.165, 1.54) is 25.3 Å². The van der Waals surface area contributed by atoms with Crippen LogP contribution < -0.4 is 5.43 Å². The van der Waals surface area contributed by atoms with Crippen LogP contribution in [0.2, 0.25) is 0 Å². The van der Waals surface area contributed by atoms with E-state index in [0.29, 0.717) is 12.3 Å². The van der Waals surface area contributed by atoms with Crippen molar-refractivity contribution in [3.8, 4) is 0 Å². The molecule has 0 aromatic carbocycles. The molecule has 0 amide bonds. The monoisotopic (exact) mass is 224 g/mol. The third kappa shape index (κ3) is 2.84. The first-order valence-electron chi connectivity index (χ1n) is 5.56. The zero-order chi connectivity index (χ0) is 11.4. The Balaban J connectivity index is 1.81. The summed E-state index contributed by atoms with van der Waals surface area (Å²) in [5.41, 5.74) is 3.24. The molecule has 5 heteroatoms. The van der Waals surface area contributed by atoms with E-state index in [4.69, 9.17) is 9.52 Å². The molecular formula is C11H16N2O3. The number of carboxylic acids is 1. The van der Waals surface area contributed by atoms with Crippen LogP contribution in [-0.2, 0) is 6.54 Å². The van der Waals surface area contributed by atoms with Crippen LogP contribution in [0.3, 0.4) is 0 Å². The van der Waals surface area contributed by atoms with Crippen molar-refractivity contribution in [2.45, 2.75) is 25.8 Å². The summed E-state index contributed by atoms with van der Waals surface area (Å²) in [6.45, 7) is 2.65. The molecule has 0 spiro atoms. The summed E-state index contributed by atoms with van der Waals surface area (Å²) in [5, 5.41) is 10.8. The lowest BCUT2D eigenvalue weighted by Crippen LogP contribution is -2.41. The number of nitrogens with one attached hydrogen (secondary N) is 1. The predicted octanol–water partition coefficient (Wildman–Crippen LogP) is 1.47. The summed E-state index contributed by atoms with van der Waals surface area (Å²) in [6.07, 6.45) is 3.72. The van der Waals surface area contributed by atoms with Gasteiger partial charge in [0.25, 0.3) is 0 Å². The van der Waals surface area contributed by atoms with E-state index in [0.717, 1.165) is 13.1 Å². The summed E-state index contributed by atoms with van der Waals surface area (Å²) in [6, 6.07) is 3.18. The van der Waals surface area contributed by atoms with Crippen LogP contribution in [0.4, 0.5) is 0 Å². The van der Waals surface area contributed by atoms with Crippen molar-refractivity contribution in [2.24, 2.45) is 0 Å². The van der Waals surface area contributed by atoms with Gasteiger partial charge in [-0.15, -0.1) is 0 Å².